The summed E-state index contributed by atoms with van der Waals surface area (Å²) < 4.78 is 11.1. The molecule has 4 nitrogen and oxygen atoms in total. The molecular weight excluding hydrogens is 240 g/mol. The molecule has 0 bridgehead atoms. The molecule has 0 saturated carbocycles. The van der Waals surface area contributed by atoms with Crippen LogP contribution in [-0.4, -0.2) is 49.9 Å². The van der Waals surface area contributed by atoms with Gasteiger partial charge in [-0.05, 0) is 19.1 Å². The van der Waals surface area contributed by atoms with Crippen molar-refractivity contribution in [2.45, 2.75) is 13.5 Å². The Bertz CT molecular complexity index is 452. The van der Waals surface area contributed by atoms with Crippen LogP contribution in [0.5, 0.6) is 0 Å². The van der Waals surface area contributed by atoms with Crippen molar-refractivity contribution in [3.63, 3.8) is 0 Å². The third-order valence-corrected chi connectivity index (χ3v) is 4.36. The zero-order valence-electron chi connectivity index (χ0n) is 11.8. The lowest BCUT2D eigenvalue weighted by Gasteiger charge is -2.26. The fourth-order valence-corrected chi connectivity index (χ4v) is 3.47. The van der Waals surface area contributed by atoms with Gasteiger partial charge in [-0.1, -0.05) is 6.07 Å². The number of aromatic nitrogens is 1. The maximum atomic E-state index is 5.66. The molecule has 1 aromatic rings. The number of hydrogen-bond donors (Lipinski definition) is 0. The van der Waals surface area contributed by atoms with Gasteiger partial charge in [0.2, 0.25) is 0 Å². The van der Waals surface area contributed by atoms with Crippen molar-refractivity contribution in [3.05, 3.63) is 29.6 Å². The number of aryl methyl sites for hydroxylation is 1. The fourth-order valence-electron chi connectivity index (χ4n) is 3.47. The minimum absolute atomic E-state index is 0.207. The molecule has 2 saturated heterocycles. The van der Waals surface area contributed by atoms with E-state index in [1.807, 2.05) is 13.0 Å². The van der Waals surface area contributed by atoms with Crippen molar-refractivity contribution >= 4 is 0 Å². The van der Waals surface area contributed by atoms with Crippen LogP contribution < -0.4 is 0 Å². The van der Waals surface area contributed by atoms with Crippen LogP contribution in [0.3, 0.4) is 0 Å². The van der Waals surface area contributed by atoms with Crippen LogP contribution >= 0.6 is 0 Å². The summed E-state index contributed by atoms with van der Waals surface area (Å²) in [5.74, 6) is 0.609. The number of pyridine rings is 1. The first-order chi connectivity index (χ1) is 9.22. The van der Waals surface area contributed by atoms with Gasteiger partial charge in [0.05, 0.1) is 25.5 Å². The molecule has 3 rings (SSSR count). The Morgan fingerprint density at radius 1 is 1.53 bits per heavy atom. The summed E-state index contributed by atoms with van der Waals surface area (Å²) in [6, 6.07) is 6.24. The Labute approximate surface area is 114 Å². The van der Waals surface area contributed by atoms with Gasteiger partial charge in [-0.3, -0.25) is 9.88 Å². The highest BCUT2D eigenvalue weighted by Crippen LogP contribution is 2.41. The lowest BCUT2D eigenvalue weighted by molar-refractivity contribution is 0.0532. The number of rotatable bonds is 4. The van der Waals surface area contributed by atoms with Crippen LogP contribution in [0.25, 0.3) is 0 Å². The second-order valence-electron chi connectivity index (χ2n) is 5.95. The smallest absolute Gasteiger partial charge is 0.0561 e. The van der Waals surface area contributed by atoms with Gasteiger partial charge in [0.1, 0.15) is 0 Å². The zero-order valence-corrected chi connectivity index (χ0v) is 11.8. The van der Waals surface area contributed by atoms with Crippen LogP contribution in [0.15, 0.2) is 18.2 Å². The van der Waals surface area contributed by atoms with Crippen molar-refractivity contribution in [3.8, 4) is 0 Å². The lowest BCUT2D eigenvalue weighted by atomic mass is 9.82. The van der Waals surface area contributed by atoms with Gasteiger partial charge in [-0.25, -0.2) is 0 Å². The van der Waals surface area contributed by atoms with E-state index in [0.717, 1.165) is 50.8 Å². The molecule has 2 aliphatic heterocycles. The fraction of sp³-hybridized carbons (Fsp3) is 0.667. The Kier molecular flexibility index (Phi) is 3.56. The number of fused-ring (bicyclic) bond motifs is 1. The summed E-state index contributed by atoms with van der Waals surface area (Å²) in [6.45, 7) is 7.64. The van der Waals surface area contributed by atoms with Crippen LogP contribution in [0.4, 0.5) is 0 Å². The summed E-state index contributed by atoms with van der Waals surface area (Å²) in [4.78, 5) is 7.09. The van der Waals surface area contributed by atoms with Crippen LogP contribution in [0.1, 0.15) is 11.4 Å². The SMILES string of the molecule is COC[C@]12COC[C@H]1CN(Cc1cccc(C)n1)C2. The van der Waals surface area contributed by atoms with E-state index in [1.165, 1.54) is 0 Å². The summed E-state index contributed by atoms with van der Waals surface area (Å²) >= 11 is 0. The minimum atomic E-state index is 0.207. The topological polar surface area (TPSA) is 34.6 Å². The summed E-state index contributed by atoms with van der Waals surface area (Å²) in [7, 11) is 1.79. The Balaban J connectivity index is 1.68. The van der Waals surface area contributed by atoms with Crippen molar-refractivity contribution < 1.29 is 9.47 Å². The first kappa shape index (κ1) is 13.0. The van der Waals surface area contributed by atoms with Crippen molar-refractivity contribution in [2.75, 3.05) is 40.0 Å². The highest BCUT2D eigenvalue weighted by molar-refractivity contribution is 5.11. The summed E-state index contributed by atoms with van der Waals surface area (Å²) in [6.07, 6.45) is 0. The monoisotopic (exact) mass is 262 g/mol. The van der Waals surface area contributed by atoms with Crippen LogP contribution in [0.2, 0.25) is 0 Å². The second-order valence-corrected chi connectivity index (χ2v) is 5.95. The van der Waals surface area contributed by atoms with E-state index in [-0.39, 0.29) is 5.41 Å². The normalized spacial score (nSPS) is 30.7. The van der Waals surface area contributed by atoms with Gasteiger partial charge >= 0.3 is 0 Å². The molecule has 0 amide bonds. The van der Waals surface area contributed by atoms with E-state index >= 15 is 0 Å². The summed E-state index contributed by atoms with van der Waals surface area (Å²) in [5.41, 5.74) is 2.46. The van der Waals surface area contributed by atoms with E-state index in [1.54, 1.807) is 7.11 Å². The molecule has 2 fully saturated rings. The molecule has 0 aromatic carbocycles. The van der Waals surface area contributed by atoms with Crippen molar-refractivity contribution in [2.24, 2.45) is 11.3 Å². The van der Waals surface area contributed by atoms with E-state index in [2.05, 4.69) is 22.0 Å². The largest absolute Gasteiger partial charge is 0.384 e. The Morgan fingerprint density at radius 2 is 2.42 bits per heavy atom. The predicted molar refractivity (Wildman–Crippen MR) is 72.9 cm³/mol. The molecule has 0 unspecified atom stereocenters. The number of nitrogens with zero attached hydrogens (tertiary/aromatic N) is 2. The number of likely N-dealkylation sites (tertiary alicyclic amines) is 1. The Hall–Kier alpha value is -0.970. The standard InChI is InChI=1S/C15H22N2O2/c1-12-4-3-5-14(16-12)7-17-6-13-8-19-11-15(13,9-17)10-18-2/h3-5,13H,6-11H2,1-2H3/t13-,15-/m1/s1. The molecule has 4 heteroatoms. The lowest BCUT2D eigenvalue weighted by Crippen LogP contribution is -2.35. The van der Waals surface area contributed by atoms with Crippen LogP contribution in [-0.2, 0) is 16.0 Å². The third kappa shape index (κ3) is 2.53. The van der Waals surface area contributed by atoms with Gasteiger partial charge < -0.3 is 9.47 Å². The molecule has 0 spiro atoms. The minimum Gasteiger partial charge on any atom is -0.384 e. The number of hydrogen-bond acceptors (Lipinski definition) is 4. The van der Waals surface area contributed by atoms with E-state index in [4.69, 9.17) is 9.47 Å². The molecule has 0 aliphatic carbocycles. The first-order valence-corrected chi connectivity index (χ1v) is 6.93. The molecular formula is C15H22N2O2. The number of ether oxygens (including phenoxy) is 2. The van der Waals surface area contributed by atoms with Gasteiger partial charge in [-0.2, -0.15) is 0 Å². The van der Waals surface area contributed by atoms with Gasteiger partial charge in [-0.15, -0.1) is 0 Å². The van der Waals surface area contributed by atoms with Crippen molar-refractivity contribution in [1.82, 2.24) is 9.88 Å². The number of methoxy groups -OCH3 is 1. The van der Waals surface area contributed by atoms with E-state index in [9.17, 15) is 0 Å². The molecule has 19 heavy (non-hydrogen) atoms. The molecule has 104 valence electrons. The molecule has 1 aromatic heterocycles. The van der Waals surface area contributed by atoms with Crippen LogP contribution in [0, 0.1) is 18.3 Å². The molecule has 3 heterocycles. The van der Waals surface area contributed by atoms with E-state index in [0.29, 0.717) is 5.92 Å². The molecule has 0 N–H and O–H groups in total. The van der Waals surface area contributed by atoms with Gasteiger partial charge in [0, 0.05) is 43.8 Å². The molecule has 0 radical (unpaired) electrons. The van der Waals surface area contributed by atoms with E-state index < -0.39 is 0 Å². The highest BCUT2D eigenvalue weighted by Gasteiger charge is 2.50. The van der Waals surface area contributed by atoms with Crippen molar-refractivity contribution in [1.29, 1.82) is 0 Å². The van der Waals surface area contributed by atoms with Gasteiger partial charge in [0.15, 0.2) is 0 Å². The zero-order chi connectivity index (χ0) is 13.3. The average molecular weight is 262 g/mol. The predicted octanol–water partition coefficient (Wildman–Crippen LogP) is 1.48. The molecule has 2 atom stereocenters. The quantitative estimate of drug-likeness (QED) is 0.823. The third-order valence-electron chi connectivity index (χ3n) is 4.36. The first-order valence-electron chi connectivity index (χ1n) is 6.93. The summed E-state index contributed by atoms with van der Waals surface area (Å²) in [5, 5.41) is 0. The average Bonchev–Trinajstić information content (AvgIpc) is 2.85. The molecule has 2 aliphatic rings. The maximum absolute atomic E-state index is 5.66. The second kappa shape index (κ2) is 5.19. The Morgan fingerprint density at radius 3 is 3.21 bits per heavy atom. The highest BCUT2D eigenvalue weighted by atomic mass is 16.5. The van der Waals surface area contributed by atoms with Gasteiger partial charge in [0.25, 0.3) is 0 Å². The maximum Gasteiger partial charge on any atom is 0.0561 e.